The number of fused-ring (bicyclic) bond motifs is 1. The SMILES string of the molecule is CCN(CCO)C(=O)Cn1ncc(=O)c2ccccc21. The Hall–Kier alpha value is -2.21. The number of rotatable bonds is 5. The Morgan fingerprint density at radius 2 is 2.15 bits per heavy atom. The van der Waals surface area contributed by atoms with E-state index < -0.39 is 0 Å². The predicted molar refractivity (Wildman–Crippen MR) is 75.3 cm³/mol. The third kappa shape index (κ3) is 2.85. The van der Waals surface area contributed by atoms with Crippen molar-refractivity contribution < 1.29 is 9.90 Å². The fourth-order valence-corrected chi connectivity index (χ4v) is 2.09. The number of amides is 1. The maximum Gasteiger partial charge on any atom is 0.244 e. The molecular formula is C14H17N3O3. The number of benzene rings is 1. The van der Waals surface area contributed by atoms with Crippen molar-refractivity contribution in [1.82, 2.24) is 14.7 Å². The molecule has 1 aromatic carbocycles. The van der Waals surface area contributed by atoms with E-state index in [0.29, 0.717) is 24.0 Å². The van der Waals surface area contributed by atoms with Gasteiger partial charge in [-0.3, -0.25) is 14.3 Å². The minimum atomic E-state index is -0.160. The number of carbonyl (C=O) groups is 1. The normalized spacial score (nSPS) is 10.7. The molecular weight excluding hydrogens is 258 g/mol. The van der Waals surface area contributed by atoms with Crippen molar-refractivity contribution in [2.45, 2.75) is 13.5 Å². The molecule has 0 unspecified atom stereocenters. The van der Waals surface area contributed by atoms with Crippen LogP contribution in [-0.4, -0.2) is 45.4 Å². The molecule has 0 aliphatic rings. The number of hydrogen-bond acceptors (Lipinski definition) is 4. The molecule has 0 radical (unpaired) electrons. The summed E-state index contributed by atoms with van der Waals surface area (Å²) >= 11 is 0. The number of aliphatic hydroxyl groups is 1. The maximum absolute atomic E-state index is 12.1. The van der Waals surface area contributed by atoms with Gasteiger partial charge < -0.3 is 10.0 Å². The van der Waals surface area contributed by atoms with Crippen LogP contribution in [0.5, 0.6) is 0 Å². The summed E-state index contributed by atoms with van der Waals surface area (Å²) in [5, 5.41) is 13.5. The van der Waals surface area contributed by atoms with E-state index in [0.717, 1.165) is 0 Å². The maximum atomic E-state index is 12.1. The monoisotopic (exact) mass is 275 g/mol. The molecule has 1 aromatic heterocycles. The molecule has 0 fully saturated rings. The van der Waals surface area contributed by atoms with Crippen LogP contribution in [0.4, 0.5) is 0 Å². The molecule has 1 amide bonds. The molecule has 0 aliphatic heterocycles. The lowest BCUT2D eigenvalue weighted by Gasteiger charge is -2.20. The second kappa shape index (κ2) is 6.29. The number of nitrogens with zero attached hydrogens (tertiary/aromatic N) is 3. The highest BCUT2D eigenvalue weighted by Gasteiger charge is 2.13. The third-order valence-corrected chi connectivity index (χ3v) is 3.15. The summed E-state index contributed by atoms with van der Waals surface area (Å²) in [4.78, 5) is 25.4. The molecule has 0 bridgehead atoms. The van der Waals surface area contributed by atoms with Gasteiger partial charge in [-0.25, -0.2) is 0 Å². The molecule has 1 heterocycles. The summed E-state index contributed by atoms with van der Waals surface area (Å²) in [6.45, 7) is 2.65. The Balaban J connectivity index is 2.32. The minimum absolute atomic E-state index is 0.0502. The zero-order chi connectivity index (χ0) is 14.5. The Labute approximate surface area is 116 Å². The van der Waals surface area contributed by atoms with E-state index in [1.165, 1.54) is 10.9 Å². The Morgan fingerprint density at radius 1 is 1.40 bits per heavy atom. The van der Waals surface area contributed by atoms with Gasteiger partial charge in [0.2, 0.25) is 11.3 Å². The first-order valence-electron chi connectivity index (χ1n) is 6.51. The first kappa shape index (κ1) is 14.2. The first-order chi connectivity index (χ1) is 9.67. The second-order valence-electron chi connectivity index (χ2n) is 4.38. The average molecular weight is 275 g/mol. The van der Waals surface area contributed by atoms with Crippen LogP contribution >= 0.6 is 0 Å². The molecule has 2 rings (SSSR count). The Morgan fingerprint density at radius 3 is 2.85 bits per heavy atom. The lowest BCUT2D eigenvalue weighted by atomic mass is 10.2. The standard InChI is InChI=1S/C14H17N3O3/c1-2-16(7-8-18)14(20)10-17-12-6-4-3-5-11(12)13(19)9-15-17/h3-6,9,18H,2,7-8,10H2,1H3. The first-order valence-corrected chi connectivity index (χ1v) is 6.51. The summed E-state index contributed by atoms with van der Waals surface area (Å²) in [5.41, 5.74) is 0.473. The van der Waals surface area contributed by atoms with E-state index in [-0.39, 0.29) is 24.5 Å². The van der Waals surface area contributed by atoms with Gasteiger partial charge in [0.15, 0.2) is 0 Å². The molecule has 20 heavy (non-hydrogen) atoms. The Kier molecular flexibility index (Phi) is 4.47. The van der Waals surface area contributed by atoms with Crippen molar-refractivity contribution in [2.24, 2.45) is 0 Å². The Bertz CT molecular complexity index is 666. The minimum Gasteiger partial charge on any atom is -0.395 e. The van der Waals surface area contributed by atoms with Crippen LogP contribution in [0.3, 0.4) is 0 Å². The zero-order valence-corrected chi connectivity index (χ0v) is 11.3. The van der Waals surface area contributed by atoms with Gasteiger partial charge in [-0.15, -0.1) is 0 Å². The summed E-state index contributed by atoms with van der Waals surface area (Å²) in [6, 6.07) is 7.06. The highest BCUT2D eigenvalue weighted by atomic mass is 16.3. The highest BCUT2D eigenvalue weighted by Crippen LogP contribution is 2.08. The number of hydrogen-bond donors (Lipinski definition) is 1. The predicted octanol–water partition coefficient (Wildman–Crippen LogP) is 0.237. The van der Waals surface area contributed by atoms with Crippen molar-refractivity contribution in [3.63, 3.8) is 0 Å². The van der Waals surface area contributed by atoms with Gasteiger partial charge in [0.25, 0.3) is 0 Å². The topological polar surface area (TPSA) is 75.4 Å². The fraction of sp³-hybridized carbons (Fsp3) is 0.357. The van der Waals surface area contributed by atoms with Crippen LogP contribution in [0, 0.1) is 0 Å². The van der Waals surface area contributed by atoms with Crippen molar-refractivity contribution in [3.8, 4) is 0 Å². The van der Waals surface area contributed by atoms with Crippen LogP contribution in [0.2, 0.25) is 0 Å². The van der Waals surface area contributed by atoms with E-state index in [9.17, 15) is 9.59 Å². The van der Waals surface area contributed by atoms with E-state index >= 15 is 0 Å². The smallest absolute Gasteiger partial charge is 0.244 e. The largest absolute Gasteiger partial charge is 0.395 e. The van der Waals surface area contributed by atoms with Gasteiger partial charge in [-0.2, -0.15) is 5.10 Å². The average Bonchev–Trinajstić information content (AvgIpc) is 2.48. The van der Waals surface area contributed by atoms with Crippen LogP contribution in [0.15, 0.2) is 35.3 Å². The molecule has 6 nitrogen and oxygen atoms in total. The second-order valence-corrected chi connectivity index (χ2v) is 4.38. The summed E-state index contributed by atoms with van der Waals surface area (Å²) in [6.07, 6.45) is 1.22. The summed E-state index contributed by atoms with van der Waals surface area (Å²) in [7, 11) is 0. The molecule has 0 saturated heterocycles. The highest BCUT2D eigenvalue weighted by molar-refractivity contribution is 5.81. The van der Waals surface area contributed by atoms with Gasteiger partial charge in [0.1, 0.15) is 6.54 Å². The van der Waals surface area contributed by atoms with Crippen molar-refractivity contribution in [1.29, 1.82) is 0 Å². The molecule has 1 N–H and O–H groups in total. The number of likely N-dealkylation sites (N-methyl/N-ethyl adjacent to an activating group) is 1. The van der Waals surface area contributed by atoms with E-state index in [4.69, 9.17) is 5.11 Å². The molecule has 2 aromatic rings. The summed E-state index contributed by atoms with van der Waals surface area (Å²) in [5.74, 6) is -0.136. The van der Waals surface area contributed by atoms with Crippen molar-refractivity contribution >= 4 is 16.8 Å². The van der Waals surface area contributed by atoms with E-state index in [2.05, 4.69) is 5.10 Å². The molecule has 6 heteroatoms. The van der Waals surface area contributed by atoms with Crippen LogP contribution < -0.4 is 5.43 Å². The number of aliphatic hydroxyl groups excluding tert-OH is 1. The quantitative estimate of drug-likeness (QED) is 0.848. The molecule has 0 saturated carbocycles. The number of aromatic nitrogens is 2. The van der Waals surface area contributed by atoms with Crippen LogP contribution in [-0.2, 0) is 11.3 Å². The van der Waals surface area contributed by atoms with Crippen LogP contribution in [0.1, 0.15) is 6.92 Å². The lowest BCUT2D eigenvalue weighted by Crippen LogP contribution is -2.36. The van der Waals surface area contributed by atoms with Crippen molar-refractivity contribution in [2.75, 3.05) is 19.7 Å². The molecule has 0 aliphatic carbocycles. The molecule has 106 valence electrons. The fourth-order valence-electron chi connectivity index (χ4n) is 2.09. The zero-order valence-electron chi connectivity index (χ0n) is 11.3. The van der Waals surface area contributed by atoms with Gasteiger partial charge in [-0.05, 0) is 19.1 Å². The van der Waals surface area contributed by atoms with Gasteiger partial charge in [0.05, 0.1) is 18.3 Å². The molecule has 0 spiro atoms. The van der Waals surface area contributed by atoms with Gasteiger partial charge in [0, 0.05) is 18.5 Å². The van der Waals surface area contributed by atoms with Crippen LogP contribution in [0.25, 0.3) is 10.9 Å². The number of carbonyl (C=O) groups excluding carboxylic acids is 1. The van der Waals surface area contributed by atoms with E-state index in [1.54, 1.807) is 29.2 Å². The van der Waals surface area contributed by atoms with Crippen molar-refractivity contribution in [3.05, 3.63) is 40.7 Å². The number of para-hydroxylation sites is 1. The van der Waals surface area contributed by atoms with E-state index in [1.807, 2.05) is 6.92 Å². The summed E-state index contributed by atoms with van der Waals surface area (Å²) < 4.78 is 1.51. The third-order valence-electron chi connectivity index (χ3n) is 3.15. The van der Waals surface area contributed by atoms with Gasteiger partial charge in [-0.1, -0.05) is 12.1 Å². The lowest BCUT2D eigenvalue weighted by molar-refractivity contribution is -0.132. The van der Waals surface area contributed by atoms with Gasteiger partial charge >= 0.3 is 0 Å². The molecule has 0 atom stereocenters.